The van der Waals surface area contributed by atoms with Crippen molar-refractivity contribution in [3.8, 4) is 6.07 Å². The van der Waals surface area contributed by atoms with Crippen LogP contribution in [0.15, 0.2) is 42.5 Å². The van der Waals surface area contributed by atoms with Crippen molar-refractivity contribution in [1.82, 2.24) is 9.80 Å². The molecule has 1 saturated heterocycles. The van der Waals surface area contributed by atoms with Crippen molar-refractivity contribution in [3.63, 3.8) is 0 Å². The number of piperidine rings is 1. The average Bonchev–Trinajstić information content (AvgIpc) is 3.65. The maximum atomic E-state index is 13.8. The Hall–Kier alpha value is -3.12. The number of rotatable bonds is 6. The number of carbonyl (C=O) groups is 1. The van der Waals surface area contributed by atoms with Crippen molar-refractivity contribution < 1.29 is 22.4 Å². The summed E-state index contributed by atoms with van der Waals surface area (Å²) < 4.78 is 53.6. The highest BCUT2D eigenvalue weighted by Crippen LogP contribution is 2.62. The van der Waals surface area contributed by atoms with Crippen LogP contribution < -0.4 is 5.32 Å². The van der Waals surface area contributed by atoms with Gasteiger partial charge in [0.15, 0.2) is 0 Å². The van der Waals surface area contributed by atoms with Crippen LogP contribution in [0.5, 0.6) is 0 Å². The number of urea groups is 1. The molecule has 2 unspecified atom stereocenters. The molecule has 2 amide bonds. The van der Waals surface area contributed by atoms with Crippen LogP contribution in [0.25, 0.3) is 0 Å². The van der Waals surface area contributed by atoms with Gasteiger partial charge in [0.25, 0.3) is 0 Å². The molecule has 2 aromatic rings. The van der Waals surface area contributed by atoms with Crippen LogP contribution >= 0.6 is 0 Å². The summed E-state index contributed by atoms with van der Waals surface area (Å²) in [4.78, 5) is 17.7. The summed E-state index contributed by atoms with van der Waals surface area (Å²) in [6, 6.07) is 12.5. The number of halogens is 4. The Morgan fingerprint density at radius 3 is 2.74 bits per heavy atom. The molecule has 1 N–H and O–H groups in total. The fraction of sp³-hybridized carbons (Fsp3) is 0.533. The second-order valence-corrected chi connectivity index (χ2v) is 11.4. The fourth-order valence-electron chi connectivity index (χ4n) is 6.74. The Balaban J connectivity index is 1.33. The standard InChI is InChI=1S/C30H34F4N4O/c1-20-5-2-3-12-37(20)13-14-38(28(39)36-24-8-9-27(31)26(17-24)30(32,33)34)25-10-11-29(18-23(29)16-25)22-7-4-6-21(15-22)19-35/h4,6-9,15,17,20,23,25H,2-3,5,10-14,16,18H2,1H3,(H,36,39)/t20?,23?,25-,29-/m1/s1. The van der Waals surface area contributed by atoms with Gasteiger partial charge in [-0.05, 0) is 99.2 Å². The molecular weight excluding hydrogens is 508 g/mol. The number of fused-ring (bicyclic) bond motifs is 1. The predicted molar refractivity (Wildman–Crippen MR) is 141 cm³/mol. The quantitative estimate of drug-likeness (QED) is 0.403. The zero-order chi connectivity index (χ0) is 27.8. The maximum Gasteiger partial charge on any atom is 0.419 e. The molecule has 3 aliphatic rings. The highest BCUT2D eigenvalue weighted by Gasteiger charge is 2.58. The SMILES string of the molecule is CC1CCCCN1CCN(C(=O)Nc1ccc(F)c(C(F)(F)F)c1)[C@@H]1CC[C@]2(c3cccc(C#N)c3)CC2C1. The number of nitriles is 1. The summed E-state index contributed by atoms with van der Waals surface area (Å²) in [6.45, 7) is 4.32. The summed E-state index contributed by atoms with van der Waals surface area (Å²) in [5.41, 5.74) is 0.382. The highest BCUT2D eigenvalue weighted by molar-refractivity contribution is 5.89. The van der Waals surface area contributed by atoms with Crippen molar-refractivity contribution in [3.05, 3.63) is 65.0 Å². The first-order valence-corrected chi connectivity index (χ1v) is 13.8. The van der Waals surface area contributed by atoms with Gasteiger partial charge in [0.1, 0.15) is 5.82 Å². The van der Waals surface area contributed by atoms with Crippen molar-refractivity contribution in [2.45, 2.75) is 75.5 Å². The maximum absolute atomic E-state index is 13.8. The molecule has 5 nitrogen and oxygen atoms in total. The molecular formula is C30H34F4N4O. The van der Waals surface area contributed by atoms with Gasteiger partial charge in [0.05, 0.1) is 17.2 Å². The molecule has 4 atom stereocenters. The summed E-state index contributed by atoms with van der Waals surface area (Å²) >= 11 is 0. The molecule has 2 aliphatic carbocycles. The van der Waals surface area contributed by atoms with Gasteiger partial charge in [-0.3, -0.25) is 4.90 Å². The lowest BCUT2D eigenvalue weighted by Crippen LogP contribution is -2.50. The van der Waals surface area contributed by atoms with Gasteiger partial charge >= 0.3 is 12.2 Å². The number of anilines is 1. The number of nitrogens with zero attached hydrogens (tertiary/aromatic N) is 3. The topological polar surface area (TPSA) is 59.4 Å². The smallest absolute Gasteiger partial charge is 0.320 e. The van der Waals surface area contributed by atoms with E-state index in [1.165, 1.54) is 18.1 Å². The first kappa shape index (κ1) is 27.4. The van der Waals surface area contributed by atoms with Crippen LogP contribution in [0.2, 0.25) is 0 Å². The summed E-state index contributed by atoms with van der Waals surface area (Å²) in [6.07, 6.45) is 2.02. The molecule has 5 rings (SSSR count). The van der Waals surface area contributed by atoms with E-state index in [2.05, 4.69) is 29.3 Å². The van der Waals surface area contributed by atoms with E-state index in [1.807, 2.05) is 12.1 Å². The summed E-state index contributed by atoms with van der Waals surface area (Å²) in [7, 11) is 0. The van der Waals surface area contributed by atoms with E-state index in [4.69, 9.17) is 0 Å². The third kappa shape index (κ3) is 5.76. The lowest BCUT2D eigenvalue weighted by Gasteiger charge is -2.39. The molecule has 0 bridgehead atoms. The summed E-state index contributed by atoms with van der Waals surface area (Å²) in [5.74, 6) is -0.980. The minimum absolute atomic E-state index is 0.0332. The summed E-state index contributed by atoms with van der Waals surface area (Å²) in [5, 5.41) is 12.0. The van der Waals surface area contributed by atoms with Crippen molar-refractivity contribution in [2.75, 3.05) is 25.0 Å². The number of likely N-dealkylation sites (tertiary alicyclic amines) is 1. The lowest BCUT2D eigenvalue weighted by atomic mass is 9.80. The van der Waals surface area contributed by atoms with E-state index in [0.717, 1.165) is 51.1 Å². The van der Waals surface area contributed by atoms with Crippen molar-refractivity contribution >= 4 is 11.7 Å². The van der Waals surface area contributed by atoms with Crippen molar-refractivity contribution in [2.24, 2.45) is 5.92 Å². The minimum atomic E-state index is -4.85. The van der Waals surface area contributed by atoms with E-state index < -0.39 is 23.6 Å². The number of hydrogen-bond acceptors (Lipinski definition) is 3. The van der Waals surface area contributed by atoms with E-state index in [-0.39, 0.29) is 17.1 Å². The van der Waals surface area contributed by atoms with Crippen LogP contribution in [0.1, 0.15) is 68.6 Å². The van der Waals surface area contributed by atoms with Gasteiger partial charge in [0.2, 0.25) is 0 Å². The number of carbonyl (C=O) groups excluding carboxylic acids is 1. The van der Waals surface area contributed by atoms with E-state index in [0.29, 0.717) is 36.7 Å². The molecule has 1 aliphatic heterocycles. The number of nitrogens with one attached hydrogen (secondary N) is 1. The van der Waals surface area contributed by atoms with Crippen LogP contribution in [0, 0.1) is 23.1 Å². The zero-order valence-electron chi connectivity index (χ0n) is 22.1. The number of hydrogen-bond donors (Lipinski definition) is 1. The molecule has 39 heavy (non-hydrogen) atoms. The zero-order valence-corrected chi connectivity index (χ0v) is 22.1. The van der Waals surface area contributed by atoms with Crippen LogP contribution in [-0.4, -0.2) is 47.5 Å². The van der Waals surface area contributed by atoms with Gasteiger partial charge in [-0.25, -0.2) is 9.18 Å². The third-order valence-electron chi connectivity index (χ3n) is 9.07. The van der Waals surface area contributed by atoms with Crippen LogP contribution in [0.3, 0.4) is 0 Å². The Morgan fingerprint density at radius 1 is 1.21 bits per heavy atom. The normalized spacial score (nSPS) is 26.8. The molecule has 2 aromatic carbocycles. The minimum Gasteiger partial charge on any atom is -0.320 e. The largest absolute Gasteiger partial charge is 0.419 e. The molecule has 2 saturated carbocycles. The fourth-order valence-corrected chi connectivity index (χ4v) is 6.74. The third-order valence-corrected chi connectivity index (χ3v) is 9.07. The molecule has 0 radical (unpaired) electrons. The molecule has 1 heterocycles. The second-order valence-electron chi connectivity index (χ2n) is 11.4. The van der Waals surface area contributed by atoms with Crippen LogP contribution in [0.4, 0.5) is 28.0 Å². The second kappa shape index (κ2) is 10.8. The van der Waals surface area contributed by atoms with E-state index in [9.17, 15) is 27.6 Å². The number of alkyl halides is 3. The van der Waals surface area contributed by atoms with Gasteiger partial charge in [-0.1, -0.05) is 18.6 Å². The van der Waals surface area contributed by atoms with E-state index >= 15 is 0 Å². The van der Waals surface area contributed by atoms with Gasteiger partial charge in [0, 0.05) is 30.9 Å². The Morgan fingerprint density at radius 2 is 2.03 bits per heavy atom. The molecule has 9 heteroatoms. The monoisotopic (exact) mass is 542 g/mol. The highest BCUT2D eigenvalue weighted by atomic mass is 19.4. The van der Waals surface area contributed by atoms with Gasteiger partial charge in [-0.2, -0.15) is 18.4 Å². The Bertz CT molecular complexity index is 1260. The van der Waals surface area contributed by atoms with Gasteiger partial charge < -0.3 is 10.2 Å². The van der Waals surface area contributed by atoms with Crippen molar-refractivity contribution in [1.29, 1.82) is 5.26 Å². The first-order valence-electron chi connectivity index (χ1n) is 13.8. The molecule has 0 spiro atoms. The predicted octanol–water partition coefficient (Wildman–Crippen LogP) is 6.93. The number of benzene rings is 2. The Kier molecular flexibility index (Phi) is 7.60. The van der Waals surface area contributed by atoms with Gasteiger partial charge in [-0.15, -0.1) is 0 Å². The first-order chi connectivity index (χ1) is 18.6. The van der Waals surface area contributed by atoms with E-state index in [1.54, 1.807) is 11.0 Å². The van der Waals surface area contributed by atoms with Crippen LogP contribution in [-0.2, 0) is 11.6 Å². The Labute approximate surface area is 226 Å². The molecule has 0 aromatic heterocycles. The number of amides is 2. The average molecular weight is 543 g/mol. The molecule has 208 valence electrons. The molecule has 3 fully saturated rings. The lowest BCUT2D eigenvalue weighted by molar-refractivity contribution is -0.139.